The van der Waals surface area contributed by atoms with Gasteiger partial charge in [0.2, 0.25) is 0 Å². The lowest BCUT2D eigenvalue weighted by atomic mass is 9.90. The summed E-state index contributed by atoms with van der Waals surface area (Å²) in [6.45, 7) is 1.72. The van der Waals surface area contributed by atoms with Crippen LogP contribution in [0.2, 0.25) is 0 Å². The molecule has 4 rings (SSSR count). The third kappa shape index (κ3) is 2.67. The molecule has 1 aliphatic heterocycles. The fourth-order valence-corrected chi connectivity index (χ4v) is 4.51. The summed E-state index contributed by atoms with van der Waals surface area (Å²) in [6, 6.07) is 4.92. The highest BCUT2D eigenvalue weighted by Crippen LogP contribution is 2.45. The first-order chi connectivity index (χ1) is 12.5. The predicted octanol–water partition coefficient (Wildman–Crippen LogP) is 4.05. The van der Waals surface area contributed by atoms with Crippen molar-refractivity contribution in [2.45, 2.75) is 51.2 Å². The average molecular weight is 356 g/mol. The Labute approximate surface area is 151 Å². The molecule has 1 saturated carbocycles. The number of aromatic amines is 1. The molecule has 1 aromatic carbocycles. The van der Waals surface area contributed by atoms with Crippen LogP contribution >= 0.6 is 0 Å². The van der Waals surface area contributed by atoms with Gasteiger partial charge in [0.05, 0.1) is 29.5 Å². The van der Waals surface area contributed by atoms with Crippen LogP contribution in [0.3, 0.4) is 0 Å². The van der Waals surface area contributed by atoms with Crippen LogP contribution in [-0.4, -0.2) is 17.6 Å². The number of H-pyrrole nitrogens is 1. The highest BCUT2D eigenvalue weighted by Gasteiger charge is 2.46. The molecule has 1 unspecified atom stereocenters. The van der Waals surface area contributed by atoms with Crippen LogP contribution in [0.25, 0.3) is 10.9 Å². The molecule has 0 radical (unpaired) electrons. The maximum Gasteiger partial charge on any atom is 0.305 e. The number of benzene rings is 1. The Kier molecular flexibility index (Phi) is 4.20. The van der Waals surface area contributed by atoms with Gasteiger partial charge < -0.3 is 14.5 Å². The van der Waals surface area contributed by atoms with Crippen molar-refractivity contribution >= 4 is 16.9 Å². The van der Waals surface area contributed by atoms with Gasteiger partial charge in [-0.2, -0.15) is 5.26 Å². The third-order valence-corrected chi connectivity index (χ3v) is 5.54. The zero-order valence-corrected chi connectivity index (χ0v) is 14.7. The monoisotopic (exact) mass is 356 g/mol. The van der Waals surface area contributed by atoms with Gasteiger partial charge in [-0.15, -0.1) is 0 Å². The maximum absolute atomic E-state index is 14.4. The Morgan fingerprint density at radius 3 is 2.92 bits per heavy atom. The van der Waals surface area contributed by atoms with Crippen LogP contribution in [0.5, 0.6) is 0 Å². The molecule has 0 amide bonds. The molecule has 1 atom stereocenters. The minimum atomic E-state index is -1.23. The summed E-state index contributed by atoms with van der Waals surface area (Å²) in [6.07, 6.45) is 5.55. The minimum Gasteiger partial charge on any atom is -0.427 e. The van der Waals surface area contributed by atoms with Crippen LogP contribution in [0.1, 0.15) is 55.8 Å². The van der Waals surface area contributed by atoms with E-state index in [1.807, 2.05) is 0 Å². The second kappa shape index (κ2) is 6.40. The van der Waals surface area contributed by atoms with Gasteiger partial charge in [-0.1, -0.05) is 25.7 Å². The molecular weight excluding hydrogens is 335 g/mol. The van der Waals surface area contributed by atoms with Crippen molar-refractivity contribution in [3.63, 3.8) is 0 Å². The molecule has 0 saturated heterocycles. The molecule has 2 aromatic rings. The van der Waals surface area contributed by atoms with Crippen molar-refractivity contribution in [2.75, 3.05) is 6.61 Å². The summed E-state index contributed by atoms with van der Waals surface area (Å²) in [5, 5.41) is 10.0. The Morgan fingerprint density at radius 2 is 2.23 bits per heavy atom. The van der Waals surface area contributed by atoms with E-state index in [9.17, 15) is 14.4 Å². The van der Waals surface area contributed by atoms with Crippen molar-refractivity contribution in [3.8, 4) is 6.07 Å². The summed E-state index contributed by atoms with van der Waals surface area (Å²) < 4.78 is 26.2. The van der Waals surface area contributed by atoms with E-state index in [-0.39, 0.29) is 5.52 Å². The number of fused-ring (bicyclic) bond motifs is 3. The largest absolute Gasteiger partial charge is 0.427 e. The Hall–Kier alpha value is -2.39. The Balaban J connectivity index is 1.91. The van der Waals surface area contributed by atoms with Crippen LogP contribution in [0, 0.1) is 23.1 Å². The highest BCUT2D eigenvalue weighted by molar-refractivity contribution is 5.91. The van der Waals surface area contributed by atoms with E-state index < -0.39 is 17.6 Å². The number of ether oxygens (including phenoxy) is 2. The van der Waals surface area contributed by atoms with Crippen molar-refractivity contribution in [1.82, 2.24) is 4.98 Å². The zero-order chi connectivity index (χ0) is 18.3. The topological polar surface area (TPSA) is 75.1 Å². The van der Waals surface area contributed by atoms with Gasteiger partial charge in [-0.05, 0) is 30.0 Å². The number of rotatable bonds is 3. The summed E-state index contributed by atoms with van der Waals surface area (Å²) in [5.41, 5.74) is 2.10. The van der Waals surface area contributed by atoms with E-state index in [1.54, 1.807) is 0 Å². The maximum atomic E-state index is 14.4. The molecule has 1 fully saturated rings. The van der Waals surface area contributed by atoms with Crippen LogP contribution in [0.4, 0.5) is 4.39 Å². The quantitative estimate of drug-likeness (QED) is 0.842. The van der Waals surface area contributed by atoms with Crippen LogP contribution in [0.15, 0.2) is 12.1 Å². The lowest BCUT2D eigenvalue weighted by molar-refractivity contribution is -0.252. The molecule has 136 valence electrons. The molecular formula is C20H21FN2O3. The second-order valence-electron chi connectivity index (χ2n) is 7.23. The van der Waals surface area contributed by atoms with E-state index in [1.165, 1.54) is 19.1 Å². The number of hydrogen-bond acceptors (Lipinski definition) is 4. The third-order valence-electron chi connectivity index (χ3n) is 5.54. The van der Waals surface area contributed by atoms with Crippen molar-refractivity contribution in [2.24, 2.45) is 5.92 Å². The molecule has 0 bridgehead atoms. The molecule has 2 heterocycles. The standard InChI is InChI=1S/C20H21FN2O3/c1-12(24)26-20(10-13-4-2-3-5-13)19-15(8-9-25-20)17-14(11-22)6-7-16(21)18(17)23-19/h6-7,13,23H,2-5,8-10H2,1H3. The van der Waals surface area contributed by atoms with Gasteiger partial charge in [0.15, 0.2) is 0 Å². The van der Waals surface area contributed by atoms with Gasteiger partial charge in [-0.3, -0.25) is 4.79 Å². The molecule has 1 aromatic heterocycles. The number of hydrogen-bond donors (Lipinski definition) is 1. The number of nitrogens with zero attached hydrogens (tertiary/aromatic N) is 1. The van der Waals surface area contributed by atoms with Crippen molar-refractivity contribution in [1.29, 1.82) is 5.26 Å². The van der Waals surface area contributed by atoms with E-state index in [0.29, 0.717) is 42.0 Å². The molecule has 1 aliphatic carbocycles. The first-order valence-electron chi connectivity index (χ1n) is 9.11. The average Bonchev–Trinajstić information content (AvgIpc) is 3.24. The molecule has 1 N–H and O–H groups in total. The number of nitriles is 1. The fraction of sp³-hybridized carbons (Fsp3) is 0.500. The normalized spacial score (nSPS) is 23.0. The summed E-state index contributed by atoms with van der Waals surface area (Å²) in [5.74, 6) is -1.69. The first kappa shape index (κ1) is 17.0. The van der Waals surface area contributed by atoms with E-state index >= 15 is 0 Å². The summed E-state index contributed by atoms with van der Waals surface area (Å²) in [7, 11) is 0. The molecule has 2 aliphatic rings. The number of esters is 1. The van der Waals surface area contributed by atoms with Crippen LogP contribution < -0.4 is 0 Å². The number of carbonyl (C=O) groups excluding carboxylic acids is 1. The Bertz CT molecular complexity index is 908. The SMILES string of the molecule is CC(=O)OC1(CC2CCCC2)OCCc2c1[nH]c1c(F)ccc(C#N)c21. The van der Waals surface area contributed by atoms with E-state index in [2.05, 4.69) is 11.1 Å². The van der Waals surface area contributed by atoms with Gasteiger partial charge in [0.25, 0.3) is 5.79 Å². The van der Waals surface area contributed by atoms with Gasteiger partial charge in [-0.25, -0.2) is 4.39 Å². The first-order valence-corrected chi connectivity index (χ1v) is 9.11. The van der Waals surface area contributed by atoms with E-state index in [0.717, 1.165) is 31.2 Å². The molecule has 0 spiro atoms. The summed E-state index contributed by atoms with van der Waals surface area (Å²) in [4.78, 5) is 15.0. The van der Waals surface area contributed by atoms with Crippen LogP contribution in [-0.2, 0) is 26.5 Å². The number of nitrogens with one attached hydrogen (secondary N) is 1. The minimum absolute atomic E-state index is 0.280. The van der Waals surface area contributed by atoms with Crippen molar-refractivity contribution in [3.05, 3.63) is 34.8 Å². The number of halogens is 1. The highest BCUT2D eigenvalue weighted by atomic mass is 19.1. The van der Waals surface area contributed by atoms with E-state index in [4.69, 9.17) is 9.47 Å². The zero-order valence-electron chi connectivity index (χ0n) is 14.7. The lowest BCUT2D eigenvalue weighted by Crippen LogP contribution is -2.41. The van der Waals surface area contributed by atoms with Gasteiger partial charge in [0.1, 0.15) is 5.82 Å². The lowest BCUT2D eigenvalue weighted by Gasteiger charge is -2.37. The molecule has 26 heavy (non-hydrogen) atoms. The second-order valence-corrected chi connectivity index (χ2v) is 7.23. The van der Waals surface area contributed by atoms with Gasteiger partial charge >= 0.3 is 5.97 Å². The Morgan fingerprint density at radius 1 is 1.46 bits per heavy atom. The van der Waals surface area contributed by atoms with Crippen molar-refractivity contribution < 1.29 is 18.7 Å². The molecule has 5 nitrogen and oxygen atoms in total. The molecule has 6 heteroatoms. The fourth-order valence-electron chi connectivity index (χ4n) is 4.51. The predicted molar refractivity (Wildman–Crippen MR) is 92.6 cm³/mol. The van der Waals surface area contributed by atoms with Gasteiger partial charge in [0, 0.05) is 18.7 Å². The number of aromatic nitrogens is 1. The number of carbonyl (C=O) groups is 1. The smallest absolute Gasteiger partial charge is 0.305 e. The summed E-state index contributed by atoms with van der Waals surface area (Å²) >= 11 is 0.